The van der Waals surface area contributed by atoms with Crippen molar-refractivity contribution in [2.24, 2.45) is 0 Å². The van der Waals surface area contributed by atoms with E-state index < -0.39 is 0 Å². The number of carbonyl (C=O) groups excluding carboxylic acids is 1. The van der Waals surface area contributed by atoms with Gasteiger partial charge in [0.2, 0.25) is 0 Å². The Bertz CT molecular complexity index is 924. The van der Waals surface area contributed by atoms with Crippen LogP contribution in [0.1, 0.15) is 23.2 Å². The van der Waals surface area contributed by atoms with Crippen molar-refractivity contribution in [2.75, 3.05) is 57.9 Å². The van der Waals surface area contributed by atoms with Crippen LogP contribution in [0.2, 0.25) is 0 Å². The summed E-state index contributed by atoms with van der Waals surface area (Å²) in [7, 11) is 1.73. The van der Waals surface area contributed by atoms with Crippen molar-refractivity contribution in [3.05, 3.63) is 66.7 Å². The zero-order valence-electron chi connectivity index (χ0n) is 18.9. The first-order valence-corrected chi connectivity index (χ1v) is 11.4. The van der Waals surface area contributed by atoms with Crippen molar-refractivity contribution < 1.29 is 14.3 Å². The van der Waals surface area contributed by atoms with Gasteiger partial charge in [0.1, 0.15) is 18.1 Å². The number of benzene rings is 2. The van der Waals surface area contributed by atoms with Crippen molar-refractivity contribution in [2.45, 2.75) is 18.9 Å². The number of hydrogen-bond donors (Lipinski definition) is 0. The molecule has 2 saturated heterocycles. The summed E-state index contributed by atoms with van der Waals surface area (Å²) in [5.74, 6) is 1.72. The minimum absolute atomic E-state index is 0.0893. The summed E-state index contributed by atoms with van der Waals surface area (Å²) in [6.45, 7) is 9.63. The minimum atomic E-state index is 0.0893. The van der Waals surface area contributed by atoms with Crippen LogP contribution in [0, 0.1) is 0 Å². The smallest absolute Gasteiger partial charge is 0.254 e. The number of amides is 1. The lowest BCUT2D eigenvalue weighted by molar-refractivity contribution is 0.0563. The third kappa shape index (κ3) is 5.07. The molecule has 1 atom stereocenters. The topological polar surface area (TPSA) is 45.2 Å². The van der Waals surface area contributed by atoms with Crippen molar-refractivity contribution >= 4 is 11.6 Å². The second-order valence-electron chi connectivity index (χ2n) is 8.37. The number of methoxy groups -OCH3 is 1. The molecule has 0 aromatic heterocycles. The highest BCUT2D eigenvalue weighted by molar-refractivity contribution is 5.94. The molecular formula is C26H33N3O3. The number of hydrogen-bond acceptors (Lipinski definition) is 5. The second-order valence-corrected chi connectivity index (χ2v) is 8.37. The molecule has 0 bridgehead atoms. The van der Waals surface area contributed by atoms with Gasteiger partial charge < -0.3 is 19.3 Å². The van der Waals surface area contributed by atoms with E-state index in [1.165, 1.54) is 0 Å². The Morgan fingerprint density at radius 2 is 1.91 bits per heavy atom. The molecule has 0 saturated carbocycles. The van der Waals surface area contributed by atoms with Crippen LogP contribution < -0.4 is 14.4 Å². The molecule has 2 fully saturated rings. The summed E-state index contributed by atoms with van der Waals surface area (Å²) in [6, 6.07) is 16.1. The molecule has 1 amide bonds. The van der Waals surface area contributed by atoms with E-state index in [2.05, 4.69) is 28.5 Å². The number of anilines is 1. The molecule has 0 N–H and O–H groups in total. The van der Waals surface area contributed by atoms with Crippen LogP contribution in [-0.4, -0.2) is 74.7 Å². The largest absolute Gasteiger partial charge is 0.495 e. The average Bonchev–Trinajstić information content (AvgIpc) is 2.87. The maximum absolute atomic E-state index is 13.2. The van der Waals surface area contributed by atoms with Gasteiger partial charge in [-0.25, -0.2) is 0 Å². The van der Waals surface area contributed by atoms with Crippen LogP contribution in [0.4, 0.5) is 5.69 Å². The normalized spacial score (nSPS) is 19.5. The molecule has 0 spiro atoms. The molecule has 6 nitrogen and oxygen atoms in total. The van der Waals surface area contributed by atoms with Gasteiger partial charge in [-0.1, -0.05) is 30.9 Å². The fraction of sp³-hybridized carbons (Fsp3) is 0.423. The highest BCUT2D eigenvalue weighted by atomic mass is 16.5. The summed E-state index contributed by atoms with van der Waals surface area (Å²) in [5.41, 5.74) is 1.85. The predicted molar refractivity (Wildman–Crippen MR) is 128 cm³/mol. The monoisotopic (exact) mass is 435 g/mol. The molecule has 2 aromatic carbocycles. The maximum atomic E-state index is 13.2. The third-order valence-electron chi connectivity index (χ3n) is 6.39. The zero-order chi connectivity index (χ0) is 22.3. The summed E-state index contributed by atoms with van der Waals surface area (Å²) in [4.78, 5) is 20.1. The lowest BCUT2D eigenvalue weighted by Gasteiger charge is -2.44. The quantitative estimate of drug-likeness (QED) is 0.621. The van der Waals surface area contributed by atoms with Gasteiger partial charge in [-0.3, -0.25) is 9.69 Å². The molecule has 0 aliphatic carbocycles. The highest BCUT2D eigenvalue weighted by Crippen LogP contribution is 2.29. The molecule has 170 valence electrons. The van der Waals surface area contributed by atoms with Crippen LogP contribution in [-0.2, 0) is 0 Å². The zero-order valence-corrected chi connectivity index (χ0v) is 18.9. The fourth-order valence-electron chi connectivity index (χ4n) is 4.71. The molecule has 4 rings (SSSR count). The van der Waals surface area contributed by atoms with Crippen LogP contribution in [0.5, 0.6) is 11.5 Å². The number of piperazine rings is 1. The number of carbonyl (C=O) groups is 1. The Morgan fingerprint density at radius 1 is 1.09 bits per heavy atom. The van der Waals surface area contributed by atoms with E-state index in [9.17, 15) is 4.79 Å². The van der Waals surface area contributed by atoms with Crippen LogP contribution in [0.15, 0.2) is 61.2 Å². The van der Waals surface area contributed by atoms with E-state index in [4.69, 9.17) is 9.47 Å². The molecule has 6 heteroatoms. The first-order chi connectivity index (χ1) is 15.7. The summed E-state index contributed by atoms with van der Waals surface area (Å²) in [5, 5.41) is 0. The van der Waals surface area contributed by atoms with E-state index in [1.54, 1.807) is 13.2 Å². The fourth-order valence-corrected chi connectivity index (χ4v) is 4.71. The molecular weight excluding hydrogens is 402 g/mol. The summed E-state index contributed by atoms with van der Waals surface area (Å²) in [6.07, 6.45) is 3.88. The number of ether oxygens (including phenoxy) is 2. The lowest BCUT2D eigenvalue weighted by atomic mass is 10.0. The second kappa shape index (κ2) is 10.6. The Labute approximate surface area is 191 Å². The molecule has 0 unspecified atom stereocenters. The SMILES string of the molecule is C=CCOc1cccc(C(=O)N2CCC[C@H](N3CCN(c4ccccc4OC)CC3)C2)c1. The Kier molecular flexibility index (Phi) is 7.32. The van der Waals surface area contributed by atoms with E-state index in [1.807, 2.05) is 41.3 Å². The van der Waals surface area contributed by atoms with Crippen LogP contribution >= 0.6 is 0 Å². The standard InChI is InChI=1S/C26H33N3O3/c1-3-18-32-23-10-6-8-21(19-23)26(30)29-13-7-9-22(20-29)27-14-16-28(17-15-27)24-11-4-5-12-25(24)31-2/h3-6,8,10-12,19,22H,1,7,9,13-18,20H2,2H3/t22-/m0/s1. The average molecular weight is 436 g/mol. The molecule has 2 aliphatic heterocycles. The minimum Gasteiger partial charge on any atom is -0.495 e. The van der Waals surface area contributed by atoms with Crippen molar-refractivity contribution in [3.63, 3.8) is 0 Å². The summed E-state index contributed by atoms with van der Waals surface area (Å²) >= 11 is 0. The number of rotatable bonds is 7. The lowest BCUT2D eigenvalue weighted by Crippen LogP contribution is -2.55. The number of likely N-dealkylation sites (tertiary alicyclic amines) is 1. The Morgan fingerprint density at radius 3 is 2.69 bits per heavy atom. The van der Waals surface area contributed by atoms with E-state index in [0.717, 1.165) is 63.5 Å². The molecule has 0 radical (unpaired) electrons. The molecule has 2 aliphatic rings. The third-order valence-corrected chi connectivity index (χ3v) is 6.39. The highest BCUT2D eigenvalue weighted by Gasteiger charge is 2.31. The van der Waals surface area contributed by atoms with E-state index in [-0.39, 0.29) is 5.91 Å². The van der Waals surface area contributed by atoms with Gasteiger partial charge in [-0.15, -0.1) is 0 Å². The molecule has 2 aromatic rings. The van der Waals surface area contributed by atoms with Gasteiger partial charge in [0, 0.05) is 50.9 Å². The number of para-hydroxylation sites is 2. The van der Waals surface area contributed by atoms with Crippen molar-refractivity contribution in [1.82, 2.24) is 9.80 Å². The number of piperidine rings is 1. The van der Waals surface area contributed by atoms with E-state index in [0.29, 0.717) is 24.0 Å². The Balaban J connectivity index is 1.35. The van der Waals surface area contributed by atoms with Gasteiger partial charge in [0.15, 0.2) is 0 Å². The first kappa shape index (κ1) is 22.2. The van der Waals surface area contributed by atoms with Crippen molar-refractivity contribution in [1.29, 1.82) is 0 Å². The molecule has 2 heterocycles. The molecule has 32 heavy (non-hydrogen) atoms. The van der Waals surface area contributed by atoms with Gasteiger partial charge >= 0.3 is 0 Å². The van der Waals surface area contributed by atoms with Gasteiger partial charge in [0.05, 0.1) is 12.8 Å². The van der Waals surface area contributed by atoms with Crippen molar-refractivity contribution in [3.8, 4) is 11.5 Å². The Hall–Kier alpha value is -2.99. The first-order valence-electron chi connectivity index (χ1n) is 11.4. The van der Waals surface area contributed by atoms with Crippen LogP contribution in [0.3, 0.4) is 0 Å². The predicted octanol–water partition coefficient (Wildman–Crippen LogP) is 3.69. The maximum Gasteiger partial charge on any atom is 0.254 e. The van der Waals surface area contributed by atoms with Gasteiger partial charge in [-0.2, -0.15) is 0 Å². The number of nitrogens with zero attached hydrogens (tertiary/aromatic N) is 3. The van der Waals surface area contributed by atoms with E-state index >= 15 is 0 Å². The summed E-state index contributed by atoms with van der Waals surface area (Å²) < 4.78 is 11.1. The van der Waals surface area contributed by atoms with Gasteiger partial charge in [0.25, 0.3) is 5.91 Å². The van der Waals surface area contributed by atoms with Crippen LogP contribution in [0.25, 0.3) is 0 Å². The van der Waals surface area contributed by atoms with Gasteiger partial charge in [-0.05, 0) is 43.2 Å².